The number of amides is 1. The summed E-state index contributed by atoms with van der Waals surface area (Å²) in [5.74, 6) is 0.655. The third-order valence-corrected chi connectivity index (χ3v) is 6.10. The second-order valence-electron chi connectivity index (χ2n) is 6.90. The Morgan fingerprint density at radius 2 is 1.60 bits per heavy atom. The molecular formula is C24H23ClN2O7S. The highest BCUT2D eigenvalue weighted by atomic mass is 35.5. The van der Waals surface area contributed by atoms with Crippen molar-refractivity contribution in [1.82, 2.24) is 5.43 Å². The molecule has 0 aliphatic rings. The molecule has 3 rings (SSSR count). The van der Waals surface area contributed by atoms with Crippen molar-refractivity contribution in [3.63, 3.8) is 0 Å². The van der Waals surface area contributed by atoms with Crippen molar-refractivity contribution in [2.24, 2.45) is 5.10 Å². The lowest BCUT2D eigenvalue weighted by atomic mass is 10.2. The molecule has 0 aliphatic carbocycles. The third kappa shape index (κ3) is 6.65. The highest BCUT2D eigenvalue weighted by molar-refractivity contribution is 7.87. The van der Waals surface area contributed by atoms with Crippen LogP contribution in [0.5, 0.6) is 23.0 Å². The van der Waals surface area contributed by atoms with E-state index in [2.05, 4.69) is 10.5 Å². The summed E-state index contributed by atoms with van der Waals surface area (Å²) >= 11 is 5.81. The highest BCUT2D eigenvalue weighted by Gasteiger charge is 2.19. The molecule has 0 spiro atoms. The Labute approximate surface area is 208 Å². The molecule has 11 heteroatoms. The van der Waals surface area contributed by atoms with Gasteiger partial charge < -0.3 is 18.4 Å². The third-order valence-electron chi connectivity index (χ3n) is 4.59. The van der Waals surface area contributed by atoms with Crippen molar-refractivity contribution in [2.45, 2.75) is 11.8 Å². The first-order valence-corrected chi connectivity index (χ1v) is 12.1. The Hall–Kier alpha value is -3.76. The minimum Gasteiger partial charge on any atom is -0.493 e. The zero-order chi connectivity index (χ0) is 25.4. The number of hydrazone groups is 1. The quantitative estimate of drug-likeness (QED) is 0.242. The second kappa shape index (κ2) is 11.6. The van der Waals surface area contributed by atoms with Gasteiger partial charge in [-0.2, -0.15) is 13.5 Å². The van der Waals surface area contributed by atoms with Gasteiger partial charge in [0.15, 0.2) is 23.0 Å². The largest absolute Gasteiger partial charge is 0.493 e. The van der Waals surface area contributed by atoms with Crippen LogP contribution in [0.25, 0.3) is 0 Å². The number of carbonyl (C=O) groups excluding carboxylic acids is 1. The maximum absolute atomic E-state index is 12.5. The first-order valence-electron chi connectivity index (χ1n) is 10.3. The van der Waals surface area contributed by atoms with Gasteiger partial charge >= 0.3 is 10.1 Å². The van der Waals surface area contributed by atoms with Crippen molar-refractivity contribution in [1.29, 1.82) is 0 Å². The van der Waals surface area contributed by atoms with Crippen LogP contribution in [0, 0.1) is 0 Å². The predicted octanol–water partition coefficient (Wildman–Crippen LogP) is 4.29. The Morgan fingerprint density at radius 1 is 0.943 bits per heavy atom. The van der Waals surface area contributed by atoms with Crippen molar-refractivity contribution >= 4 is 33.8 Å². The summed E-state index contributed by atoms with van der Waals surface area (Å²) in [7, 11) is -1.24. The predicted molar refractivity (Wildman–Crippen MR) is 131 cm³/mol. The fraction of sp³-hybridized carbons (Fsp3) is 0.167. The topological polar surface area (TPSA) is 113 Å². The Morgan fingerprint density at radius 3 is 2.26 bits per heavy atom. The molecule has 35 heavy (non-hydrogen) atoms. The maximum Gasteiger partial charge on any atom is 0.339 e. The van der Waals surface area contributed by atoms with E-state index in [0.717, 1.165) is 0 Å². The number of halogens is 1. The molecule has 1 amide bonds. The van der Waals surface area contributed by atoms with E-state index in [1.165, 1.54) is 56.8 Å². The molecule has 0 aromatic heterocycles. The normalized spacial score (nSPS) is 11.2. The standard InChI is InChI=1S/C24H23ClN2O7S/c1-4-33-20-12-6-17(14-23(20)32-3)24(28)27-26-15-16-5-11-21(22(13-16)31-2)34-35(29,30)19-9-7-18(25)8-10-19/h5-15H,4H2,1-3H3,(H,27,28)/b26-15+. The van der Waals surface area contributed by atoms with E-state index >= 15 is 0 Å². The number of nitrogens with one attached hydrogen (secondary N) is 1. The number of carbonyl (C=O) groups is 1. The molecule has 9 nitrogen and oxygen atoms in total. The fourth-order valence-electron chi connectivity index (χ4n) is 2.91. The summed E-state index contributed by atoms with van der Waals surface area (Å²) in [4.78, 5) is 12.4. The average molecular weight is 519 g/mol. The molecule has 0 bridgehead atoms. The number of ether oxygens (including phenoxy) is 3. The minimum atomic E-state index is -4.10. The van der Waals surface area contributed by atoms with Crippen LogP contribution in [0.1, 0.15) is 22.8 Å². The van der Waals surface area contributed by atoms with Gasteiger partial charge in [-0.05, 0) is 73.2 Å². The lowest BCUT2D eigenvalue weighted by Gasteiger charge is -2.11. The van der Waals surface area contributed by atoms with Gasteiger partial charge in [0, 0.05) is 10.6 Å². The van der Waals surface area contributed by atoms with E-state index in [4.69, 9.17) is 30.0 Å². The number of benzene rings is 3. The molecule has 0 saturated heterocycles. The second-order valence-corrected chi connectivity index (χ2v) is 8.88. The molecular weight excluding hydrogens is 496 g/mol. The van der Waals surface area contributed by atoms with Crippen LogP contribution in [0.15, 0.2) is 70.7 Å². The molecule has 0 unspecified atom stereocenters. The van der Waals surface area contributed by atoms with Crippen LogP contribution >= 0.6 is 11.6 Å². The van der Waals surface area contributed by atoms with Gasteiger partial charge in [0.25, 0.3) is 5.91 Å². The minimum absolute atomic E-state index is 0.00915. The molecule has 0 saturated carbocycles. The van der Waals surface area contributed by atoms with Crippen LogP contribution in [-0.4, -0.2) is 41.4 Å². The monoisotopic (exact) mass is 518 g/mol. The lowest BCUT2D eigenvalue weighted by molar-refractivity contribution is 0.0954. The summed E-state index contributed by atoms with van der Waals surface area (Å²) in [5, 5.41) is 4.35. The van der Waals surface area contributed by atoms with Crippen molar-refractivity contribution < 1.29 is 31.6 Å². The van der Waals surface area contributed by atoms with Crippen LogP contribution in [0.3, 0.4) is 0 Å². The molecule has 0 radical (unpaired) electrons. The van der Waals surface area contributed by atoms with Gasteiger partial charge in [0.2, 0.25) is 0 Å². The SMILES string of the molecule is CCOc1ccc(C(=O)N/N=C/c2ccc(OS(=O)(=O)c3ccc(Cl)cc3)c(OC)c2)cc1OC. The van der Waals surface area contributed by atoms with E-state index in [9.17, 15) is 13.2 Å². The van der Waals surface area contributed by atoms with Gasteiger partial charge in [0.05, 0.1) is 27.0 Å². The molecule has 0 aliphatic heterocycles. The average Bonchev–Trinajstić information content (AvgIpc) is 2.85. The number of rotatable bonds is 10. The molecule has 184 valence electrons. The van der Waals surface area contributed by atoms with Gasteiger partial charge in [0.1, 0.15) is 4.90 Å². The number of nitrogens with zero attached hydrogens (tertiary/aromatic N) is 1. The number of methoxy groups -OCH3 is 2. The van der Waals surface area contributed by atoms with E-state index in [1.807, 2.05) is 6.92 Å². The Kier molecular flexibility index (Phi) is 8.56. The van der Waals surface area contributed by atoms with E-state index in [-0.39, 0.29) is 16.4 Å². The van der Waals surface area contributed by atoms with Gasteiger partial charge in [-0.15, -0.1) is 0 Å². The smallest absolute Gasteiger partial charge is 0.339 e. The van der Waals surface area contributed by atoms with Crippen molar-refractivity contribution in [3.8, 4) is 23.0 Å². The van der Waals surface area contributed by atoms with Crippen LogP contribution in [0.4, 0.5) is 0 Å². The molecule has 0 fully saturated rings. The van der Waals surface area contributed by atoms with Crippen molar-refractivity contribution in [3.05, 3.63) is 76.8 Å². The Balaban J connectivity index is 1.71. The van der Waals surface area contributed by atoms with Gasteiger partial charge in [-0.1, -0.05) is 11.6 Å². The molecule has 3 aromatic rings. The molecule has 0 atom stereocenters. The van der Waals surface area contributed by atoms with Crippen LogP contribution < -0.4 is 23.8 Å². The first kappa shape index (κ1) is 25.9. The summed E-state index contributed by atoms with van der Waals surface area (Å²) in [6.45, 7) is 2.31. The molecule has 3 aromatic carbocycles. The van der Waals surface area contributed by atoms with E-state index < -0.39 is 16.0 Å². The highest BCUT2D eigenvalue weighted by Crippen LogP contribution is 2.31. The van der Waals surface area contributed by atoms with Gasteiger partial charge in [-0.3, -0.25) is 4.79 Å². The fourth-order valence-corrected chi connectivity index (χ4v) is 3.98. The summed E-state index contributed by atoms with van der Waals surface area (Å²) < 4.78 is 46.2. The zero-order valence-electron chi connectivity index (χ0n) is 19.1. The van der Waals surface area contributed by atoms with E-state index in [1.54, 1.807) is 24.3 Å². The Bertz CT molecular complexity index is 1330. The number of hydrogen-bond acceptors (Lipinski definition) is 8. The van der Waals surface area contributed by atoms with Gasteiger partial charge in [-0.25, -0.2) is 5.43 Å². The van der Waals surface area contributed by atoms with Crippen LogP contribution in [-0.2, 0) is 10.1 Å². The first-order chi connectivity index (χ1) is 16.8. The molecule has 0 heterocycles. The maximum atomic E-state index is 12.5. The number of hydrogen-bond donors (Lipinski definition) is 1. The summed E-state index contributed by atoms with van der Waals surface area (Å²) in [5.41, 5.74) is 3.28. The van der Waals surface area contributed by atoms with Crippen LogP contribution in [0.2, 0.25) is 5.02 Å². The zero-order valence-corrected chi connectivity index (χ0v) is 20.7. The van der Waals surface area contributed by atoms with E-state index in [0.29, 0.717) is 34.3 Å². The van der Waals surface area contributed by atoms with Crippen molar-refractivity contribution in [2.75, 3.05) is 20.8 Å². The molecule has 1 N–H and O–H groups in total. The lowest BCUT2D eigenvalue weighted by Crippen LogP contribution is -2.17. The summed E-state index contributed by atoms with van der Waals surface area (Å²) in [6.07, 6.45) is 1.38. The summed E-state index contributed by atoms with van der Waals surface area (Å²) in [6, 6.07) is 14.9.